The van der Waals surface area contributed by atoms with Gasteiger partial charge in [0.15, 0.2) is 0 Å². The summed E-state index contributed by atoms with van der Waals surface area (Å²) in [4.78, 5) is 14.4. The number of halogens is 1. The van der Waals surface area contributed by atoms with Crippen molar-refractivity contribution in [3.8, 4) is 11.8 Å². The molecule has 0 atom stereocenters. The molecule has 0 fully saturated rings. The number of hydrogen-bond donors (Lipinski definition) is 0. The number of ether oxygens (including phenoxy) is 1. The molecule has 5 heteroatoms. The van der Waals surface area contributed by atoms with Crippen molar-refractivity contribution in [2.75, 3.05) is 6.61 Å². The second-order valence-corrected chi connectivity index (χ2v) is 6.33. The lowest BCUT2D eigenvalue weighted by molar-refractivity contribution is -0.133. The lowest BCUT2D eigenvalue weighted by atomic mass is 10.1. The summed E-state index contributed by atoms with van der Waals surface area (Å²) in [6, 6.07) is 15.3. The van der Waals surface area contributed by atoms with Gasteiger partial charge >= 0.3 is 0 Å². The maximum Gasteiger partial charge on any atom is 0.223 e. The number of carbonyl (C=O) groups excluding carboxylic acids is 1. The molecule has 4 nitrogen and oxygen atoms in total. The second-order valence-electron chi connectivity index (χ2n) is 6.33. The highest BCUT2D eigenvalue weighted by atomic mass is 19.1. The summed E-state index contributed by atoms with van der Waals surface area (Å²) in [5.41, 5.74) is 1.60. The zero-order valence-electron chi connectivity index (χ0n) is 15.1. The van der Waals surface area contributed by atoms with Crippen LogP contribution < -0.4 is 4.74 Å². The van der Waals surface area contributed by atoms with Gasteiger partial charge in [0, 0.05) is 19.0 Å². The van der Waals surface area contributed by atoms with Crippen LogP contribution >= 0.6 is 0 Å². The first-order valence-corrected chi connectivity index (χ1v) is 8.66. The van der Waals surface area contributed by atoms with Crippen molar-refractivity contribution in [3.05, 3.63) is 65.5 Å². The van der Waals surface area contributed by atoms with E-state index in [0.717, 1.165) is 5.56 Å². The normalized spacial score (nSPS) is 10.4. The summed E-state index contributed by atoms with van der Waals surface area (Å²) in [7, 11) is 0. The molecule has 0 saturated carbocycles. The van der Waals surface area contributed by atoms with Gasteiger partial charge in [0.25, 0.3) is 0 Å². The Morgan fingerprint density at radius 3 is 2.38 bits per heavy atom. The Morgan fingerprint density at radius 1 is 1.15 bits per heavy atom. The second kappa shape index (κ2) is 9.57. The number of rotatable bonds is 8. The van der Waals surface area contributed by atoms with E-state index in [1.807, 2.05) is 30.9 Å². The van der Waals surface area contributed by atoms with Gasteiger partial charge in [0.1, 0.15) is 11.6 Å². The van der Waals surface area contributed by atoms with Crippen LogP contribution in [0.1, 0.15) is 37.8 Å². The molecule has 2 rings (SSSR count). The van der Waals surface area contributed by atoms with Gasteiger partial charge in [-0.25, -0.2) is 4.39 Å². The summed E-state index contributed by atoms with van der Waals surface area (Å²) < 4.78 is 18.4. The van der Waals surface area contributed by atoms with Crippen molar-refractivity contribution in [1.82, 2.24) is 4.90 Å². The summed E-state index contributed by atoms with van der Waals surface area (Å²) >= 11 is 0. The van der Waals surface area contributed by atoms with Crippen molar-refractivity contribution >= 4 is 5.91 Å². The molecule has 0 bridgehead atoms. The monoisotopic (exact) mass is 354 g/mol. The molecule has 0 aliphatic rings. The van der Waals surface area contributed by atoms with Gasteiger partial charge in [-0.05, 0) is 62.2 Å². The Hall–Kier alpha value is -2.87. The number of nitriles is 1. The molecule has 0 N–H and O–H groups in total. The quantitative estimate of drug-likeness (QED) is 0.664. The Labute approximate surface area is 153 Å². The fraction of sp³-hybridized carbons (Fsp3) is 0.333. The maximum absolute atomic E-state index is 12.8. The zero-order valence-corrected chi connectivity index (χ0v) is 15.1. The summed E-state index contributed by atoms with van der Waals surface area (Å²) in [6.45, 7) is 4.88. The molecule has 2 aromatic carbocycles. The first-order valence-electron chi connectivity index (χ1n) is 8.66. The number of benzene rings is 2. The number of hydrogen-bond acceptors (Lipinski definition) is 3. The van der Waals surface area contributed by atoms with Crippen LogP contribution in [0.4, 0.5) is 4.39 Å². The number of amides is 1. The van der Waals surface area contributed by atoms with E-state index in [9.17, 15) is 9.18 Å². The van der Waals surface area contributed by atoms with Crippen molar-refractivity contribution in [1.29, 1.82) is 5.26 Å². The Bertz CT molecular complexity index is 749. The molecule has 1 amide bonds. The smallest absolute Gasteiger partial charge is 0.223 e. The standard InChI is InChI=1S/C21H23FN2O2/c1-16(2)24(15-18-7-5-17(14-23)6-8-18)21(25)4-3-13-26-20-11-9-19(22)10-12-20/h5-12,16H,3-4,13,15H2,1-2H3. The van der Waals surface area contributed by atoms with E-state index >= 15 is 0 Å². The van der Waals surface area contributed by atoms with Gasteiger partial charge in [-0.3, -0.25) is 4.79 Å². The van der Waals surface area contributed by atoms with Crippen molar-refractivity contribution in [2.45, 2.75) is 39.3 Å². The molecular formula is C21H23FN2O2. The lowest BCUT2D eigenvalue weighted by Gasteiger charge is -2.27. The molecule has 26 heavy (non-hydrogen) atoms. The van der Waals surface area contributed by atoms with E-state index in [0.29, 0.717) is 37.3 Å². The molecule has 0 radical (unpaired) electrons. The lowest BCUT2D eigenvalue weighted by Crippen LogP contribution is -2.36. The highest BCUT2D eigenvalue weighted by Gasteiger charge is 2.17. The van der Waals surface area contributed by atoms with Gasteiger partial charge in [0.2, 0.25) is 5.91 Å². The highest BCUT2D eigenvalue weighted by molar-refractivity contribution is 5.76. The van der Waals surface area contributed by atoms with E-state index in [1.54, 1.807) is 24.3 Å². The summed E-state index contributed by atoms with van der Waals surface area (Å²) in [5, 5.41) is 8.86. The molecule has 0 saturated heterocycles. The van der Waals surface area contributed by atoms with Crippen LogP contribution in [-0.2, 0) is 11.3 Å². The first-order chi connectivity index (χ1) is 12.5. The van der Waals surface area contributed by atoms with Crippen LogP contribution in [0.25, 0.3) is 0 Å². The summed E-state index contributed by atoms with van der Waals surface area (Å²) in [6.07, 6.45) is 0.975. The van der Waals surface area contributed by atoms with E-state index in [2.05, 4.69) is 6.07 Å². The molecular weight excluding hydrogens is 331 g/mol. The van der Waals surface area contributed by atoms with Gasteiger partial charge in [-0.1, -0.05) is 12.1 Å². The highest BCUT2D eigenvalue weighted by Crippen LogP contribution is 2.14. The van der Waals surface area contributed by atoms with E-state index in [-0.39, 0.29) is 17.8 Å². The van der Waals surface area contributed by atoms with Gasteiger partial charge in [0.05, 0.1) is 18.2 Å². The third kappa shape index (κ3) is 5.89. The average Bonchev–Trinajstić information content (AvgIpc) is 2.64. The van der Waals surface area contributed by atoms with E-state index in [4.69, 9.17) is 10.00 Å². The average molecular weight is 354 g/mol. The predicted octanol–water partition coefficient (Wildman–Crippen LogP) is 4.29. The third-order valence-electron chi connectivity index (χ3n) is 4.00. The van der Waals surface area contributed by atoms with Crippen LogP contribution in [0, 0.1) is 17.1 Å². The van der Waals surface area contributed by atoms with Crippen molar-refractivity contribution in [3.63, 3.8) is 0 Å². The molecule has 0 heterocycles. The minimum Gasteiger partial charge on any atom is -0.494 e. The van der Waals surface area contributed by atoms with Crippen LogP contribution in [0.5, 0.6) is 5.75 Å². The van der Waals surface area contributed by atoms with E-state index in [1.165, 1.54) is 12.1 Å². The zero-order chi connectivity index (χ0) is 18.9. The number of carbonyl (C=O) groups is 1. The predicted molar refractivity (Wildman–Crippen MR) is 98.0 cm³/mol. The van der Waals surface area contributed by atoms with Gasteiger partial charge in [-0.15, -0.1) is 0 Å². The van der Waals surface area contributed by atoms with Crippen LogP contribution in [0.2, 0.25) is 0 Å². The first kappa shape index (κ1) is 19.5. The number of nitrogens with zero attached hydrogens (tertiary/aromatic N) is 2. The van der Waals surface area contributed by atoms with Crippen LogP contribution in [0.3, 0.4) is 0 Å². The van der Waals surface area contributed by atoms with Crippen LogP contribution in [-0.4, -0.2) is 23.5 Å². The van der Waals surface area contributed by atoms with Crippen molar-refractivity contribution in [2.24, 2.45) is 0 Å². The minimum atomic E-state index is -0.303. The van der Waals surface area contributed by atoms with Crippen molar-refractivity contribution < 1.29 is 13.9 Å². The molecule has 0 aliphatic heterocycles. The Balaban J connectivity index is 1.83. The molecule has 0 unspecified atom stereocenters. The SMILES string of the molecule is CC(C)N(Cc1ccc(C#N)cc1)C(=O)CCCOc1ccc(F)cc1. The molecule has 136 valence electrons. The largest absolute Gasteiger partial charge is 0.494 e. The minimum absolute atomic E-state index is 0.0621. The molecule has 0 aliphatic carbocycles. The summed E-state index contributed by atoms with van der Waals surface area (Å²) in [5.74, 6) is 0.354. The van der Waals surface area contributed by atoms with Gasteiger partial charge < -0.3 is 9.64 Å². The molecule has 0 aromatic heterocycles. The fourth-order valence-electron chi connectivity index (χ4n) is 2.53. The molecule has 2 aromatic rings. The molecule has 0 spiro atoms. The maximum atomic E-state index is 12.8. The van der Waals surface area contributed by atoms with Gasteiger partial charge in [-0.2, -0.15) is 5.26 Å². The fourth-order valence-corrected chi connectivity index (χ4v) is 2.53. The van der Waals surface area contributed by atoms with E-state index < -0.39 is 0 Å². The van der Waals surface area contributed by atoms with Crippen LogP contribution in [0.15, 0.2) is 48.5 Å². The third-order valence-corrected chi connectivity index (χ3v) is 4.00. The Kier molecular flexibility index (Phi) is 7.16. The Morgan fingerprint density at radius 2 is 1.81 bits per heavy atom. The topological polar surface area (TPSA) is 53.3 Å².